The minimum absolute atomic E-state index is 0.0895. The van der Waals surface area contributed by atoms with Crippen molar-refractivity contribution in [2.24, 2.45) is 5.92 Å². The lowest BCUT2D eigenvalue weighted by Gasteiger charge is -2.10. The average Bonchev–Trinajstić information content (AvgIpc) is 2.37. The number of aromatic nitrogens is 2. The first-order chi connectivity index (χ1) is 9.02. The molecule has 6 nitrogen and oxygen atoms in total. The number of nitrogens with one attached hydrogen (secondary N) is 3. The van der Waals surface area contributed by atoms with Crippen LogP contribution in [0.2, 0.25) is 5.02 Å². The Bertz CT molecular complexity index is 425. The fraction of sp³-hybridized carbons (Fsp3) is 0.583. The molecule has 0 fully saturated rings. The topological polar surface area (TPSA) is 78.9 Å². The summed E-state index contributed by atoms with van der Waals surface area (Å²) in [5.41, 5.74) is 0. The number of carbonyl (C=O) groups is 1. The molecule has 0 bridgehead atoms. The summed E-state index contributed by atoms with van der Waals surface area (Å²) in [4.78, 5) is 19.8. The maximum absolute atomic E-state index is 11.6. The van der Waals surface area contributed by atoms with Gasteiger partial charge in [0.2, 0.25) is 11.9 Å². The van der Waals surface area contributed by atoms with Gasteiger partial charge in [0, 0.05) is 13.1 Å². The largest absolute Gasteiger partial charge is 0.360 e. The lowest BCUT2D eigenvalue weighted by molar-refractivity contribution is -0.119. The molecule has 0 spiro atoms. The number of carbonyl (C=O) groups excluding carboxylic acids is 1. The molecular formula is C12H20ClN5O. The van der Waals surface area contributed by atoms with E-state index in [0.717, 1.165) is 6.54 Å². The summed E-state index contributed by atoms with van der Waals surface area (Å²) in [6, 6.07) is 0. The highest BCUT2D eigenvalue weighted by Gasteiger charge is 2.07. The zero-order valence-electron chi connectivity index (χ0n) is 11.5. The number of anilines is 2. The SMILES string of the molecule is CCNc1ncc(Cl)c(NCC(=O)NCC(C)C)n1. The minimum Gasteiger partial charge on any atom is -0.360 e. The second kappa shape index (κ2) is 7.78. The molecule has 0 saturated carbocycles. The van der Waals surface area contributed by atoms with Crippen LogP contribution in [0.5, 0.6) is 0 Å². The maximum atomic E-state index is 11.6. The van der Waals surface area contributed by atoms with Crippen molar-refractivity contribution in [2.75, 3.05) is 30.3 Å². The monoisotopic (exact) mass is 285 g/mol. The molecule has 19 heavy (non-hydrogen) atoms. The van der Waals surface area contributed by atoms with E-state index in [0.29, 0.717) is 29.3 Å². The molecule has 0 aliphatic rings. The van der Waals surface area contributed by atoms with Gasteiger partial charge in [0.15, 0.2) is 5.82 Å². The summed E-state index contributed by atoms with van der Waals surface area (Å²) in [6.07, 6.45) is 1.50. The predicted octanol–water partition coefficient (Wildman–Crippen LogP) is 1.75. The van der Waals surface area contributed by atoms with Crippen LogP contribution >= 0.6 is 11.6 Å². The summed E-state index contributed by atoms with van der Waals surface area (Å²) < 4.78 is 0. The van der Waals surface area contributed by atoms with Crippen LogP contribution in [0.3, 0.4) is 0 Å². The Morgan fingerprint density at radius 3 is 2.79 bits per heavy atom. The van der Waals surface area contributed by atoms with E-state index in [1.54, 1.807) is 0 Å². The first kappa shape index (κ1) is 15.5. The van der Waals surface area contributed by atoms with Gasteiger partial charge in [-0.3, -0.25) is 4.79 Å². The highest BCUT2D eigenvalue weighted by molar-refractivity contribution is 6.32. The van der Waals surface area contributed by atoms with E-state index in [1.807, 2.05) is 20.8 Å². The van der Waals surface area contributed by atoms with Crippen molar-refractivity contribution in [1.82, 2.24) is 15.3 Å². The second-order valence-electron chi connectivity index (χ2n) is 4.47. The lowest BCUT2D eigenvalue weighted by Crippen LogP contribution is -2.32. The Morgan fingerprint density at radius 1 is 1.42 bits per heavy atom. The van der Waals surface area contributed by atoms with Gasteiger partial charge in [-0.15, -0.1) is 0 Å². The number of rotatable bonds is 7. The van der Waals surface area contributed by atoms with Gasteiger partial charge in [0.05, 0.1) is 12.7 Å². The van der Waals surface area contributed by atoms with Crippen LogP contribution in [-0.2, 0) is 4.79 Å². The zero-order valence-corrected chi connectivity index (χ0v) is 12.2. The van der Waals surface area contributed by atoms with Gasteiger partial charge in [-0.2, -0.15) is 4.98 Å². The first-order valence-corrected chi connectivity index (χ1v) is 6.67. The van der Waals surface area contributed by atoms with E-state index in [1.165, 1.54) is 6.20 Å². The molecule has 0 atom stereocenters. The summed E-state index contributed by atoms with van der Waals surface area (Å²) in [5.74, 6) is 1.27. The van der Waals surface area contributed by atoms with Gasteiger partial charge in [-0.05, 0) is 12.8 Å². The third kappa shape index (κ3) is 5.74. The maximum Gasteiger partial charge on any atom is 0.239 e. The Labute approximate surface area is 118 Å². The van der Waals surface area contributed by atoms with Crippen molar-refractivity contribution in [3.05, 3.63) is 11.2 Å². The van der Waals surface area contributed by atoms with Crippen molar-refractivity contribution < 1.29 is 4.79 Å². The van der Waals surface area contributed by atoms with Crippen molar-refractivity contribution in [2.45, 2.75) is 20.8 Å². The Kier molecular flexibility index (Phi) is 6.35. The van der Waals surface area contributed by atoms with E-state index in [2.05, 4.69) is 25.9 Å². The smallest absolute Gasteiger partial charge is 0.239 e. The third-order valence-electron chi connectivity index (χ3n) is 2.20. The summed E-state index contributed by atoms with van der Waals surface area (Å²) >= 11 is 5.96. The van der Waals surface area contributed by atoms with Crippen molar-refractivity contribution >= 4 is 29.3 Å². The molecule has 1 aromatic rings. The molecule has 0 aliphatic carbocycles. The fourth-order valence-electron chi connectivity index (χ4n) is 1.28. The molecule has 106 valence electrons. The van der Waals surface area contributed by atoms with Crippen molar-refractivity contribution in [3.8, 4) is 0 Å². The molecule has 7 heteroatoms. The molecule has 1 heterocycles. The normalized spacial score (nSPS) is 10.4. The number of amides is 1. The molecule has 3 N–H and O–H groups in total. The van der Waals surface area contributed by atoms with Crippen LogP contribution in [-0.4, -0.2) is 35.5 Å². The lowest BCUT2D eigenvalue weighted by atomic mass is 10.2. The predicted molar refractivity (Wildman–Crippen MR) is 77.5 cm³/mol. The summed E-state index contributed by atoms with van der Waals surface area (Å²) in [5, 5.41) is 9.08. The molecule has 1 amide bonds. The van der Waals surface area contributed by atoms with E-state index < -0.39 is 0 Å². The third-order valence-corrected chi connectivity index (χ3v) is 2.48. The molecule has 0 radical (unpaired) electrons. The van der Waals surface area contributed by atoms with Crippen molar-refractivity contribution in [3.63, 3.8) is 0 Å². The average molecular weight is 286 g/mol. The number of halogens is 1. The van der Waals surface area contributed by atoms with Gasteiger partial charge in [0.1, 0.15) is 5.02 Å². The number of nitrogens with zero attached hydrogens (tertiary/aromatic N) is 2. The molecular weight excluding hydrogens is 266 g/mol. The van der Waals surface area contributed by atoms with Crippen LogP contribution in [0.1, 0.15) is 20.8 Å². The minimum atomic E-state index is -0.0895. The van der Waals surface area contributed by atoms with E-state index in [4.69, 9.17) is 11.6 Å². The Morgan fingerprint density at radius 2 is 2.16 bits per heavy atom. The molecule has 0 aromatic carbocycles. The fourth-order valence-corrected chi connectivity index (χ4v) is 1.44. The Hall–Kier alpha value is -1.56. The van der Waals surface area contributed by atoms with Gasteiger partial charge < -0.3 is 16.0 Å². The standard InChI is InChI=1S/C12H20ClN5O/c1-4-14-12-17-6-9(13)11(18-12)16-7-10(19)15-5-8(2)3/h6,8H,4-5,7H2,1-3H3,(H,15,19)(H2,14,16,17,18). The van der Waals surface area contributed by atoms with Crippen LogP contribution < -0.4 is 16.0 Å². The zero-order chi connectivity index (χ0) is 14.3. The quantitative estimate of drug-likeness (QED) is 0.711. The molecule has 0 aliphatic heterocycles. The second-order valence-corrected chi connectivity index (χ2v) is 4.88. The van der Waals surface area contributed by atoms with Crippen LogP contribution in [0, 0.1) is 5.92 Å². The summed E-state index contributed by atoms with van der Waals surface area (Å²) in [6.45, 7) is 7.53. The van der Waals surface area contributed by atoms with E-state index >= 15 is 0 Å². The molecule has 0 unspecified atom stereocenters. The van der Waals surface area contributed by atoms with Crippen LogP contribution in [0.4, 0.5) is 11.8 Å². The van der Waals surface area contributed by atoms with Crippen molar-refractivity contribution in [1.29, 1.82) is 0 Å². The van der Waals surface area contributed by atoms with Crippen LogP contribution in [0.15, 0.2) is 6.20 Å². The number of hydrogen-bond acceptors (Lipinski definition) is 5. The van der Waals surface area contributed by atoms with E-state index in [9.17, 15) is 4.79 Å². The summed E-state index contributed by atoms with van der Waals surface area (Å²) in [7, 11) is 0. The molecule has 0 saturated heterocycles. The van der Waals surface area contributed by atoms with Gasteiger partial charge in [-0.25, -0.2) is 4.98 Å². The van der Waals surface area contributed by atoms with E-state index in [-0.39, 0.29) is 12.5 Å². The Balaban J connectivity index is 2.52. The van der Waals surface area contributed by atoms with Gasteiger partial charge >= 0.3 is 0 Å². The highest BCUT2D eigenvalue weighted by atomic mass is 35.5. The van der Waals surface area contributed by atoms with Crippen LogP contribution in [0.25, 0.3) is 0 Å². The first-order valence-electron chi connectivity index (χ1n) is 6.30. The van der Waals surface area contributed by atoms with Gasteiger partial charge in [-0.1, -0.05) is 25.4 Å². The highest BCUT2D eigenvalue weighted by Crippen LogP contribution is 2.18. The molecule has 1 aromatic heterocycles. The van der Waals surface area contributed by atoms with Gasteiger partial charge in [0.25, 0.3) is 0 Å². The number of hydrogen-bond donors (Lipinski definition) is 3. The molecule has 1 rings (SSSR count).